The predicted molar refractivity (Wildman–Crippen MR) is 94.0 cm³/mol. The summed E-state index contributed by atoms with van der Waals surface area (Å²) in [5, 5.41) is 7.72. The lowest BCUT2D eigenvalue weighted by molar-refractivity contribution is 0.0429. The third-order valence-corrected chi connectivity index (χ3v) is 4.58. The van der Waals surface area contributed by atoms with Crippen molar-refractivity contribution in [3.05, 3.63) is 46.6 Å². The summed E-state index contributed by atoms with van der Waals surface area (Å²) in [7, 11) is 0. The Morgan fingerprint density at radius 2 is 2.15 bits per heavy atom. The Balaban J connectivity index is 1.34. The van der Waals surface area contributed by atoms with Gasteiger partial charge in [0.15, 0.2) is 6.61 Å². The Hall–Kier alpha value is -2.78. The smallest absolute Gasteiger partial charge is 0.340 e. The van der Waals surface area contributed by atoms with Gasteiger partial charge >= 0.3 is 5.97 Å². The van der Waals surface area contributed by atoms with Gasteiger partial charge in [0.1, 0.15) is 5.82 Å². The molecule has 0 aromatic carbocycles. The number of carbonyl (C=O) groups excluding carboxylic acids is 1. The molecule has 0 atom stereocenters. The van der Waals surface area contributed by atoms with Gasteiger partial charge in [-0.25, -0.2) is 9.78 Å². The van der Waals surface area contributed by atoms with Crippen LogP contribution in [0.3, 0.4) is 0 Å². The van der Waals surface area contributed by atoms with Crippen molar-refractivity contribution in [1.82, 2.24) is 15.1 Å². The van der Waals surface area contributed by atoms with Gasteiger partial charge in [-0.1, -0.05) is 5.16 Å². The van der Waals surface area contributed by atoms with Crippen LogP contribution >= 0.6 is 11.3 Å². The fourth-order valence-electron chi connectivity index (χ4n) is 2.52. The maximum Gasteiger partial charge on any atom is 0.340 e. The van der Waals surface area contributed by atoms with E-state index in [1.165, 1.54) is 6.20 Å². The summed E-state index contributed by atoms with van der Waals surface area (Å²) in [6.07, 6.45) is 1.51. The number of carbonyl (C=O) groups is 1. The third-order valence-electron chi connectivity index (χ3n) is 3.89. The quantitative estimate of drug-likeness (QED) is 0.631. The van der Waals surface area contributed by atoms with E-state index in [0.717, 1.165) is 24.5 Å². The van der Waals surface area contributed by atoms with Crippen molar-refractivity contribution >= 4 is 23.1 Å². The Morgan fingerprint density at radius 3 is 2.88 bits per heavy atom. The molecule has 0 bridgehead atoms. The van der Waals surface area contributed by atoms with E-state index in [2.05, 4.69) is 20.0 Å². The molecule has 0 amide bonds. The first-order valence-corrected chi connectivity index (χ1v) is 9.05. The molecule has 9 heteroatoms. The number of esters is 1. The SMILES string of the molecule is O=C(OCc1nc(-c2ccsc2)no1)c1ccc(N2CCOCC2)nc1. The van der Waals surface area contributed by atoms with Crippen LogP contribution in [0.4, 0.5) is 5.82 Å². The first-order chi connectivity index (χ1) is 12.8. The van der Waals surface area contributed by atoms with Crippen molar-refractivity contribution in [3.8, 4) is 11.4 Å². The Morgan fingerprint density at radius 1 is 1.27 bits per heavy atom. The van der Waals surface area contributed by atoms with Gasteiger partial charge in [0.05, 0.1) is 18.8 Å². The molecule has 1 saturated heterocycles. The third kappa shape index (κ3) is 3.73. The van der Waals surface area contributed by atoms with E-state index in [9.17, 15) is 4.79 Å². The Bertz CT molecular complexity index is 857. The highest BCUT2D eigenvalue weighted by atomic mass is 32.1. The molecule has 1 fully saturated rings. The molecule has 0 radical (unpaired) electrons. The molecule has 26 heavy (non-hydrogen) atoms. The Kier molecular flexibility index (Phi) is 4.89. The topological polar surface area (TPSA) is 90.6 Å². The van der Waals surface area contributed by atoms with Gasteiger partial charge in [-0.05, 0) is 23.6 Å². The van der Waals surface area contributed by atoms with Crippen LogP contribution in [-0.2, 0) is 16.1 Å². The first kappa shape index (κ1) is 16.7. The number of anilines is 1. The lowest BCUT2D eigenvalue weighted by Gasteiger charge is -2.27. The molecule has 3 aromatic rings. The van der Waals surface area contributed by atoms with E-state index < -0.39 is 5.97 Å². The molecule has 4 heterocycles. The molecule has 1 aliphatic heterocycles. The van der Waals surface area contributed by atoms with Gasteiger partial charge < -0.3 is 18.9 Å². The second-order valence-corrected chi connectivity index (χ2v) is 6.38. The van der Waals surface area contributed by atoms with Crippen LogP contribution in [0, 0.1) is 0 Å². The van der Waals surface area contributed by atoms with E-state index in [-0.39, 0.29) is 12.5 Å². The van der Waals surface area contributed by atoms with E-state index in [0.29, 0.717) is 24.6 Å². The molecular formula is C17H16N4O4S. The molecule has 0 N–H and O–H groups in total. The van der Waals surface area contributed by atoms with Gasteiger partial charge in [0, 0.05) is 30.2 Å². The van der Waals surface area contributed by atoms with E-state index >= 15 is 0 Å². The normalized spacial score (nSPS) is 14.4. The highest BCUT2D eigenvalue weighted by molar-refractivity contribution is 7.08. The summed E-state index contributed by atoms with van der Waals surface area (Å²) in [4.78, 5) is 22.8. The zero-order valence-electron chi connectivity index (χ0n) is 13.8. The summed E-state index contributed by atoms with van der Waals surface area (Å²) in [5.74, 6) is 1.06. The lowest BCUT2D eigenvalue weighted by Crippen LogP contribution is -2.36. The summed E-state index contributed by atoms with van der Waals surface area (Å²) < 4.78 is 15.6. The number of nitrogens with zero attached hydrogens (tertiary/aromatic N) is 4. The van der Waals surface area contributed by atoms with Crippen LogP contribution in [0.25, 0.3) is 11.4 Å². The number of morpholine rings is 1. The minimum absolute atomic E-state index is 0.0822. The fraction of sp³-hybridized carbons (Fsp3) is 0.294. The standard InChI is InChI=1S/C17H16N4O4S/c22-17(12-1-2-14(18-9-12)21-4-6-23-7-5-21)24-10-15-19-16(20-25-15)13-3-8-26-11-13/h1-3,8-9,11H,4-7,10H2. The average molecular weight is 372 g/mol. The minimum Gasteiger partial charge on any atom is -0.452 e. The van der Waals surface area contributed by atoms with Gasteiger partial charge in [0.25, 0.3) is 5.89 Å². The summed E-state index contributed by atoms with van der Waals surface area (Å²) in [6, 6.07) is 5.40. The summed E-state index contributed by atoms with van der Waals surface area (Å²) >= 11 is 1.55. The Labute approximate surface area is 153 Å². The van der Waals surface area contributed by atoms with Crippen molar-refractivity contribution in [3.63, 3.8) is 0 Å². The van der Waals surface area contributed by atoms with Crippen LogP contribution in [-0.4, -0.2) is 47.4 Å². The number of aromatic nitrogens is 3. The maximum absolute atomic E-state index is 12.2. The number of thiophene rings is 1. The molecule has 0 saturated carbocycles. The molecular weight excluding hydrogens is 356 g/mol. The van der Waals surface area contributed by atoms with Crippen LogP contribution in [0.5, 0.6) is 0 Å². The number of rotatable bonds is 5. The van der Waals surface area contributed by atoms with Crippen molar-refractivity contribution < 1.29 is 18.8 Å². The highest BCUT2D eigenvalue weighted by Crippen LogP contribution is 2.19. The fourth-order valence-corrected chi connectivity index (χ4v) is 3.15. The van der Waals surface area contributed by atoms with E-state index in [1.54, 1.807) is 17.4 Å². The van der Waals surface area contributed by atoms with E-state index in [4.69, 9.17) is 14.0 Å². The average Bonchev–Trinajstić information content (AvgIpc) is 3.38. The number of ether oxygens (including phenoxy) is 2. The molecule has 3 aromatic heterocycles. The van der Waals surface area contributed by atoms with Crippen molar-refractivity contribution in [2.24, 2.45) is 0 Å². The van der Waals surface area contributed by atoms with Crippen LogP contribution < -0.4 is 4.90 Å². The van der Waals surface area contributed by atoms with Crippen LogP contribution in [0.15, 0.2) is 39.7 Å². The van der Waals surface area contributed by atoms with Crippen molar-refractivity contribution in [2.75, 3.05) is 31.2 Å². The molecule has 4 rings (SSSR count). The van der Waals surface area contributed by atoms with E-state index in [1.807, 2.05) is 22.9 Å². The lowest BCUT2D eigenvalue weighted by atomic mass is 10.2. The number of pyridine rings is 1. The van der Waals surface area contributed by atoms with Gasteiger partial charge in [-0.15, -0.1) is 0 Å². The molecule has 134 valence electrons. The number of hydrogen-bond donors (Lipinski definition) is 0. The molecule has 8 nitrogen and oxygen atoms in total. The second-order valence-electron chi connectivity index (χ2n) is 5.60. The number of hydrogen-bond acceptors (Lipinski definition) is 9. The van der Waals surface area contributed by atoms with Crippen molar-refractivity contribution in [1.29, 1.82) is 0 Å². The largest absolute Gasteiger partial charge is 0.452 e. The van der Waals surface area contributed by atoms with Gasteiger partial charge in [0.2, 0.25) is 5.82 Å². The van der Waals surface area contributed by atoms with Crippen molar-refractivity contribution in [2.45, 2.75) is 6.61 Å². The summed E-state index contributed by atoms with van der Waals surface area (Å²) in [5.41, 5.74) is 1.25. The maximum atomic E-state index is 12.2. The summed E-state index contributed by atoms with van der Waals surface area (Å²) in [6.45, 7) is 2.87. The van der Waals surface area contributed by atoms with Gasteiger partial charge in [-0.2, -0.15) is 16.3 Å². The zero-order chi connectivity index (χ0) is 17.8. The molecule has 0 spiro atoms. The predicted octanol–water partition coefficient (Wildman–Crippen LogP) is 2.39. The minimum atomic E-state index is -0.485. The monoisotopic (exact) mass is 372 g/mol. The first-order valence-electron chi connectivity index (χ1n) is 8.10. The van der Waals surface area contributed by atoms with Crippen LogP contribution in [0.2, 0.25) is 0 Å². The molecule has 1 aliphatic rings. The van der Waals surface area contributed by atoms with Gasteiger partial charge in [-0.3, -0.25) is 0 Å². The molecule has 0 aliphatic carbocycles. The zero-order valence-corrected chi connectivity index (χ0v) is 14.6. The second kappa shape index (κ2) is 7.63. The van der Waals surface area contributed by atoms with Crippen LogP contribution in [0.1, 0.15) is 16.2 Å². The molecule has 0 unspecified atom stereocenters. The highest BCUT2D eigenvalue weighted by Gasteiger charge is 2.15.